The fourth-order valence-corrected chi connectivity index (χ4v) is 5.48. The number of carbonyl (C=O) groups excluding carboxylic acids is 1. The predicted molar refractivity (Wildman–Crippen MR) is 158 cm³/mol. The maximum atomic E-state index is 13.6. The van der Waals surface area contributed by atoms with Crippen LogP contribution in [0.2, 0.25) is 0 Å². The molecule has 4 aromatic rings. The van der Waals surface area contributed by atoms with Crippen molar-refractivity contribution in [2.75, 3.05) is 19.0 Å². The molecule has 198 valence electrons. The Hall–Kier alpha value is -3.99. The molecule has 0 radical (unpaired) electrons. The highest BCUT2D eigenvalue weighted by Crippen LogP contribution is 2.34. The Bertz CT molecular complexity index is 1640. The molecule has 1 saturated heterocycles. The van der Waals surface area contributed by atoms with Crippen LogP contribution < -0.4 is 15.6 Å². The topological polar surface area (TPSA) is 96.2 Å². The number of aliphatic hydroxyl groups is 1. The number of ether oxygens (including phenoxy) is 1. The minimum atomic E-state index is -0.820. The highest BCUT2D eigenvalue weighted by atomic mass is 32.2. The molecule has 5 rings (SSSR count). The molecule has 1 aliphatic rings. The third-order valence-electron chi connectivity index (χ3n) is 6.38. The smallest absolute Gasteiger partial charge is 0.267 e. The lowest BCUT2D eigenvalue weighted by Gasteiger charge is -2.16. The van der Waals surface area contributed by atoms with Gasteiger partial charge >= 0.3 is 0 Å². The van der Waals surface area contributed by atoms with Crippen molar-refractivity contribution in [2.24, 2.45) is 0 Å². The Labute approximate surface area is 235 Å². The SMILES string of the molecule is COc1ccc(CN2C(=O)C(=Cc3c(NCC(O)c4ccccc4)nc4c(C)cccn4c3=O)SC2=S)cc1. The molecule has 1 fully saturated rings. The van der Waals surface area contributed by atoms with Crippen LogP contribution in [0.25, 0.3) is 11.7 Å². The van der Waals surface area contributed by atoms with Crippen LogP contribution in [0.5, 0.6) is 5.75 Å². The predicted octanol–water partition coefficient (Wildman–Crippen LogP) is 4.56. The minimum absolute atomic E-state index is 0.123. The van der Waals surface area contributed by atoms with Crippen molar-refractivity contribution in [2.45, 2.75) is 19.6 Å². The number of pyridine rings is 1. The second-order valence-corrected chi connectivity index (χ2v) is 10.7. The summed E-state index contributed by atoms with van der Waals surface area (Å²) in [4.78, 5) is 33.5. The molecule has 0 bridgehead atoms. The van der Waals surface area contributed by atoms with Gasteiger partial charge in [0.15, 0.2) is 0 Å². The first kappa shape index (κ1) is 26.6. The van der Waals surface area contributed by atoms with E-state index in [0.717, 1.165) is 34.2 Å². The molecule has 2 aromatic heterocycles. The van der Waals surface area contributed by atoms with E-state index in [0.29, 0.717) is 21.4 Å². The Balaban J connectivity index is 1.48. The maximum absolute atomic E-state index is 13.6. The fourth-order valence-electron chi connectivity index (χ4n) is 4.24. The van der Waals surface area contributed by atoms with Crippen LogP contribution in [0.3, 0.4) is 0 Å². The Morgan fingerprint density at radius 2 is 1.85 bits per heavy atom. The largest absolute Gasteiger partial charge is 0.497 e. The number of nitrogens with zero attached hydrogens (tertiary/aromatic N) is 3. The van der Waals surface area contributed by atoms with E-state index in [4.69, 9.17) is 21.9 Å². The molecule has 10 heteroatoms. The standard InChI is InChI=1S/C29H26N4O4S2/c1-18-7-6-14-32-26(18)31-25(30-16-23(34)20-8-4-3-5-9-20)22(27(32)35)15-24-28(36)33(29(38)39-24)17-19-10-12-21(37-2)13-11-19/h3-15,23,30,34H,16-17H2,1-2H3. The van der Waals surface area contributed by atoms with E-state index in [9.17, 15) is 14.7 Å². The van der Waals surface area contributed by atoms with Gasteiger partial charge in [0, 0.05) is 12.7 Å². The molecule has 1 atom stereocenters. The molecule has 0 saturated carbocycles. The van der Waals surface area contributed by atoms with Gasteiger partial charge in [0.2, 0.25) is 0 Å². The van der Waals surface area contributed by atoms with Gasteiger partial charge in [-0.25, -0.2) is 4.98 Å². The summed E-state index contributed by atoms with van der Waals surface area (Å²) in [5.74, 6) is 0.718. The van der Waals surface area contributed by atoms with Gasteiger partial charge in [0.05, 0.1) is 30.2 Å². The average Bonchev–Trinajstić information content (AvgIpc) is 3.22. The van der Waals surface area contributed by atoms with Crippen LogP contribution in [0.1, 0.15) is 28.4 Å². The fraction of sp³-hybridized carbons (Fsp3) is 0.172. The van der Waals surface area contributed by atoms with Gasteiger partial charge in [0.1, 0.15) is 21.5 Å². The maximum Gasteiger partial charge on any atom is 0.267 e. The number of nitrogens with one attached hydrogen (secondary N) is 1. The van der Waals surface area contributed by atoms with E-state index in [1.54, 1.807) is 19.4 Å². The van der Waals surface area contributed by atoms with Gasteiger partial charge in [-0.15, -0.1) is 0 Å². The molecule has 0 aliphatic carbocycles. The molecule has 8 nitrogen and oxygen atoms in total. The van der Waals surface area contributed by atoms with E-state index in [1.165, 1.54) is 15.4 Å². The lowest BCUT2D eigenvalue weighted by molar-refractivity contribution is -0.122. The van der Waals surface area contributed by atoms with Gasteiger partial charge in [-0.1, -0.05) is 72.5 Å². The van der Waals surface area contributed by atoms with Crippen LogP contribution >= 0.6 is 24.0 Å². The van der Waals surface area contributed by atoms with Gasteiger partial charge in [-0.05, 0) is 47.9 Å². The number of amides is 1. The molecular formula is C29H26N4O4S2. The molecular weight excluding hydrogens is 532 g/mol. The summed E-state index contributed by atoms with van der Waals surface area (Å²) < 4.78 is 7.07. The second-order valence-electron chi connectivity index (χ2n) is 8.99. The van der Waals surface area contributed by atoms with Crippen LogP contribution in [0.4, 0.5) is 5.82 Å². The van der Waals surface area contributed by atoms with Crippen LogP contribution in [0, 0.1) is 6.92 Å². The molecule has 2 aromatic carbocycles. The monoisotopic (exact) mass is 558 g/mol. The first-order valence-corrected chi connectivity index (χ1v) is 13.5. The van der Waals surface area contributed by atoms with Crippen molar-refractivity contribution < 1.29 is 14.6 Å². The van der Waals surface area contributed by atoms with E-state index < -0.39 is 6.10 Å². The summed E-state index contributed by atoms with van der Waals surface area (Å²) >= 11 is 6.65. The summed E-state index contributed by atoms with van der Waals surface area (Å²) in [6, 6.07) is 20.3. The van der Waals surface area contributed by atoms with E-state index >= 15 is 0 Å². The lowest BCUT2D eigenvalue weighted by atomic mass is 10.1. The molecule has 39 heavy (non-hydrogen) atoms. The number of carbonyl (C=O) groups is 1. The zero-order valence-corrected chi connectivity index (χ0v) is 23.0. The zero-order chi connectivity index (χ0) is 27.5. The van der Waals surface area contributed by atoms with Gasteiger partial charge in [-0.2, -0.15) is 0 Å². The number of anilines is 1. The number of methoxy groups -OCH3 is 1. The zero-order valence-electron chi connectivity index (χ0n) is 21.3. The molecule has 0 spiro atoms. The van der Waals surface area contributed by atoms with Crippen molar-refractivity contribution >= 4 is 51.7 Å². The van der Waals surface area contributed by atoms with E-state index in [1.807, 2.05) is 67.6 Å². The van der Waals surface area contributed by atoms with Gasteiger partial charge < -0.3 is 15.2 Å². The first-order chi connectivity index (χ1) is 18.9. The minimum Gasteiger partial charge on any atom is -0.497 e. The second kappa shape index (κ2) is 11.4. The quantitative estimate of drug-likeness (QED) is 0.240. The highest BCUT2D eigenvalue weighted by molar-refractivity contribution is 8.26. The number of benzene rings is 2. The van der Waals surface area contributed by atoms with Crippen molar-refractivity contribution in [3.8, 4) is 5.75 Å². The summed E-state index contributed by atoms with van der Waals surface area (Å²) in [6.45, 7) is 2.29. The number of thiocarbonyl (C=S) groups is 1. The number of rotatable bonds is 8. The van der Waals surface area contributed by atoms with Crippen LogP contribution in [-0.4, -0.2) is 43.3 Å². The third kappa shape index (κ3) is 5.58. The van der Waals surface area contributed by atoms with Crippen molar-refractivity contribution in [1.29, 1.82) is 0 Å². The Kier molecular flexibility index (Phi) is 7.78. The van der Waals surface area contributed by atoms with Crippen LogP contribution in [-0.2, 0) is 11.3 Å². The number of aliphatic hydroxyl groups excluding tert-OH is 1. The normalized spacial score (nSPS) is 15.3. The summed E-state index contributed by atoms with van der Waals surface area (Å²) in [7, 11) is 1.60. The first-order valence-electron chi connectivity index (χ1n) is 12.2. The number of hydrogen-bond acceptors (Lipinski definition) is 8. The molecule has 2 N–H and O–H groups in total. The van der Waals surface area contributed by atoms with E-state index in [-0.39, 0.29) is 29.4 Å². The van der Waals surface area contributed by atoms with Crippen molar-refractivity contribution in [1.82, 2.24) is 14.3 Å². The molecule has 1 aliphatic heterocycles. The number of fused-ring (bicyclic) bond motifs is 1. The number of aryl methyl sites for hydroxylation is 1. The van der Waals surface area contributed by atoms with Crippen LogP contribution in [0.15, 0.2) is 82.6 Å². The summed E-state index contributed by atoms with van der Waals surface area (Å²) in [5, 5.41) is 13.8. The van der Waals surface area contributed by atoms with E-state index in [2.05, 4.69) is 5.32 Å². The summed E-state index contributed by atoms with van der Waals surface area (Å²) in [5.41, 5.74) is 2.82. The third-order valence-corrected chi connectivity index (χ3v) is 7.76. The number of hydrogen-bond donors (Lipinski definition) is 2. The van der Waals surface area contributed by atoms with Gasteiger partial charge in [-0.3, -0.25) is 18.9 Å². The highest BCUT2D eigenvalue weighted by Gasteiger charge is 2.32. The van der Waals surface area contributed by atoms with Crippen molar-refractivity contribution in [3.63, 3.8) is 0 Å². The summed E-state index contributed by atoms with van der Waals surface area (Å²) in [6.07, 6.45) is 2.36. The molecule has 1 unspecified atom stereocenters. The average molecular weight is 559 g/mol. The Morgan fingerprint density at radius 1 is 1.10 bits per heavy atom. The lowest BCUT2D eigenvalue weighted by Crippen LogP contribution is -2.27. The Morgan fingerprint density at radius 3 is 2.56 bits per heavy atom. The van der Waals surface area contributed by atoms with Crippen molar-refractivity contribution in [3.05, 3.63) is 110 Å². The number of aromatic nitrogens is 2. The molecule has 3 heterocycles. The molecule has 1 amide bonds. The number of thioether (sulfide) groups is 1. The van der Waals surface area contributed by atoms with Gasteiger partial charge in [0.25, 0.3) is 11.5 Å².